The predicted octanol–water partition coefficient (Wildman–Crippen LogP) is 4.15. The van der Waals surface area contributed by atoms with Gasteiger partial charge in [0.2, 0.25) is 0 Å². The number of fused-ring (bicyclic) bond motifs is 1. The number of hydrogen-bond acceptors (Lipinski definition) is 3. The van der Waals surface area contributed by atoms with Gasteiger partial charge in [0.25, 0.3) is 0 Å². The lowest BCUT2D eigenvalue weighted by atomic mass is 9.98. The fourth-order valence-electron chi connectivity index (χ4n) is 3.49. The monoisotopic (exact) mass is 366 g/mol. The molecular formula is C20H22N4OS. The van der Waals surface area contributed by atoms with Gasteiger partial charge in [-0.15, -0.1) is 0 Å². The Balaban J connectivity index is 1.48. The van der Waals surface area contributed by atoms with Gasteiger partial charge in [0.1, 0.15) is 11.6 Å². The van der Waals surface area contributed by atoms with Crippen LogP contribution in [-0.4, -0.2) is 40.2 Å². The number of piperidine rings is 1. The summed E-state index contributed by atoms with van der Waals surface area (Å²) in [5, 5.41) is 4.06. The van der Waals surface area contributed by atoms with Gasteiger partial charge in [-0.3, -0.25) is 0 Å². The highest BCUT2D eigenvalue weighted by molar-refractivity contribution is 7.80. The smallest absolute Gasteiger partial charge is 0.173 e. The Morgan fingerprint density at radius 3 is 2.88 bits per heavy atom. The molecule has 0 amide bonds. The van der Waals surface area contributed by atoms with Gasteiger partial charge in [-0.25, -0.2) is 4.98 Å². The number of aromatic nitrogens is 2. The van der Waals surface area contributed by atoms with Crippen molar-refractivity contribution in [2.24, 2.45) is 0 Å². The summed E-state index contributed by atoms with van der Waals surface area (Å²) in [6, 6.07) is 16.0. The first-order valence-electron chi connectivity index (χ1n) is 8.88. The van der Waals surface area contributed by atoms with Gasteiger partial charge in [0.05, 0.1) is 23.8 Å². The van der Waals surface area contributed by atoms with E-state index in [9.17, 15) is 0 Å². The summed E-state index contributed by atoms with van der Waals surface area (Å²) in [5.41, 5.74) is 3.01. The molecule has 0 unspecified atom stereocenters. The first-order chi connectivity index (χ1) is 12.7. The second kappa shape index (κ2) is 7.33. The third kappa shape index (κ3) is 3.37. The third-order valence-electron chi connectivity index (χ3n) is 4.85. The number of hydrogen-bond donors (Lipinski definition) is 2. The summed E-state index contributed by atoms with van der Waals surface area (Å²) >= 11 is 5.66. The Hall–Kier alpha value is -2.60. The summed E-state index contributed by atoms with van der Waals surface area (Å²) in [6.45, 7) is 1.82. The number of nitrogens with zero attached hydrogens (tertiary/aromatic N) is 2. The number of nitrogens with one attached hydrogen (secondary N) is 2. The number of anilines is 1. The standard InChI is InChI=1S/C20H22N4OS/c1-25-18-11-5-4-10-17(18)23-20(26)24-12-6-7-14(13-24)19-21-15-8-2-3-9-16(15)22-19/h2-5,8-11,14H,6-7,12-13H2,1H3,(H,21,22)(H,23,26)/t14-/m1/s1. The molecule has 5 nitrogen and oxygen atoms in total. The van der Waals surface area contributed by atoms with Crippen LogP contribution in [0.1, 0.15) is 24.6 Å². The van der Waals surface area contributed by atoms with Crippen LogP contribution in [0.3, 0.4) is 0 Å². The van der Waals surface area contributed by atoms with E-state index in [0.29, 0.717) is 5.92 Å². The van der Waals surface area contributed by atoms with E-state index in [4.69, 9.17) is 21.9 Å². The van der Waals surface area contributed by atoms with E-state index in [1.165, 1.54) is 0 Å². The van der Waals surface area contributed by atoms with E-state index >= 15 is 0 Å². The summed E-state index contributed by atoms with van der Waals surface area (Å²) in [7, 11) is 1.67. The highest BCUT2D eigenvalue weighted by Crippen LogP contribution is 2.28. The van der Waals surface area contributed by atoms with Crippen LogP contribution in [0.5, 0.6) is 5.75 Å². The minimum absolute atomic E-state index is 0.355. The minimum Gasteiger partial charge on any atom is -0.495 e. The number of thiocarbonyl (C=S) groups is 1. The average molecular weight is 366 g/mol. The molecular weight excluding hydrogens is 344 g/mol. The quantitative estimate of drug-likeness (QED) is 0.682. The Morgan fingerprint density at radius 1 is 1.23 bits per heavy atom. The number of para-hydroxylation sites is 4. The van der Waals surface area contributed by atoms with Crippen LogP contribution in [0.2, 0.25) is 0 Å². The molecule has 1 aromatic heterocycles. The largest absolute Gasteiger partial charge is 0.495 e. The lowest BCUT2D eigenvalue weighted by molar-refractivity contribution is 0.306. The van der Waals surface area contributed by atoms with E-state index in [2.05, 4.69) is 21.3 Å². The van der Waals surface area contributed by atoms with Crippen molar-refractivity contribution < 1.29 is 4.74 Å². The predicted molar refractivity (Wildman–Crippen MR) is 109 cm³/mol. The van der Waals surface area contributed by atoms with Crippen molar-refractivity contribution in [1.29, 1.82) is 0 Å². The number of methoxy groups -OCH3 is 1. The van der Waals surface area contributed by atoms with Gasteiger partial charge < -0.3 is 19.9 Å². The number of aromatic amines is 1. The zero-order valence-corrected chi connectivity index (χ0v) is 15.6. The molecule has 1 aliphatic rings. The molecule has 1 atom stereocenters. The fraction of sp³-hybridized carbons (Fsp3) is 0.300. The molecule has 3 aromatic rings. The molecule has 0 aliphatic carbocycles. The fourth-order valence-corrected chi connectivity index (χ4v) is 3.77. The maximum Gasteiger partial charge on any atom is 0.173 e. The van der Waals surface area contributed by atoms with Crippen LogP contribution < -0.4 is 10.1 Å². The van der Waals surface area contributed by atoms with Crippen molar-refractivity contribution in [3.05, 3.63) is 54.4 Å². The van der Waals surface area contributed by atoms with E-state index in [1.807, 2.05) is 42.5 Å². The maximum absolute atomic E-state index is 5.66. The van der Waals surface area contributed by atoms with Gasteiger partial charge in [0, 0.05) is 19.0 Å². The van der Waals surface area contributed by atoms with Crippen molar-refractivity contribution in [2.45, 2.75) is 18.8 Å². The number of rotatable bonds is 3. The zero-order valence-electron chi connectivity index (χ0n) is 14.7. The molecule has 4 rings (SSSR count). The number of H-pyrrole nitrogens is 1. The first-order valence-corrected chi connectivity index (χ1v) is 9.29. The molecule has 26 heavy (non-hydrogen) atoms. The van der Waals surface area contributed by atoms with Crippen molar-refractivity contribution in [3.8, 4) is 5.75 Å². The Kier molecular flexibility index (Phi) is 4.75. The average Bonchev–Trinajstić information content (AvgIpc) is 3.13. The van der Waals surface area contributed by atoms with Crippen LogP contribution in [0.25, 0.3) is 11.0 Å². The van der Waals surface area contributed by atoms with Crippen LogP contribution in [0.15, 0.2) is 48.5 Å². The second-order valence-electron chi connectivity index (χ2n) is 6.55. The van der Waals surface area contributed by atoms with Crippen LogP contribution in [0.4, 0.5) is 5.69 Å². The molecule has 1 saturated heterocycles. The van der Waals surface area contributed by atoms with Crippen molar-refractivity contribution in [3.63, 3.8) is 0 Å². The van der Waals surface area contributed by atoms with E-state index < -0.39 is 0 Å². The zero-order chi connectivity index (χ0) is 17.9. The number of benzene rings is 2. The summed E-state index contributed by atoms with van der Waals surface area (Å²) in [5.74, 6) is 2.20. The third-order valence-corrected chi connectivity index (χ3v) is 5.21. The van der Waals surface area contributed by atoms with E-state index in [1.54, 1.807) is 7.11 Å². The summed E-state index contributed by atoms with van der Waals surface area (Å²) < 4.78 is 5.40. The number of likely N-dealkylation sites (tertiary alicyclic amines) is 1. The molecule has 0 radical (unpaired) electrons. The minimum atomic E-state index is 0.355. The molecule has 0 spiro atoms. The Bertz CT molecular complexity index is 890. The highest BCUT2D eigenvalue weighted by atomic mass is 32.1. The molecule has 2 heterocycles. The van der Waals surface area contributed by atoms with Gasteiger partial charge in [-0.2, -0.15) is 0 Å². The molecule has 1 aliphatic heterocycles. The first kappa shape index (κ1) is 16.8. The molecule has 2 N–H and O–H groups in total. The maximum atomic E-state index is 5.66. The Morgan fingerprint density at radius 2 is 2.04 bits per heavy atom. The van der Waals surface area contributed by atoms with Gasteiger partial charge in [0.15, 0.2) is 5.11 Å². The van der Waals surface area contributed by atoms with Crippen molar-refractivity contribution in [2.75, 3.05) is 25.5 Å². The molecule has 6 heteroatoms. The topological polar surface area (TPSA) is 53.2 Å². The van der Waals surface area contributed by atoms with Gasteiger partial charge >= 0.3 is 0 Å². The number of ether oxygens (including phenoxy) is 1. The van der Waals surface area contributed by atoms with Gasteiger partial charge in [-0.1, -0.05) is 24.3 Å². The SMILES string of the molecule is COc1ccccc1NC(=S)N1CCC[C@@H](c2nc3ccccc3[nH]2)C1. The molecule has 1 fully saturated rings. The van der Waals surface area contributed by atoms with Crippen molar-refractivity contribution >= 4 is 34.1 Å². The second-order valence-corrected chi connectivity index (χ2v) is 6.94. The molecule has 2 aromatic carbocycles. The normalized spacial score (nSPS) is 17.3. The molecule has 0 bridgehead atoms. The Labute approximate surface area is 158 Å². The van der Waals surface area contributed by atoms with Crippen LogP contribution >= 0.6 is 12.2 Å². The molecule has 0 saturated carbocycles. The van der Waals surface area contributed by atoms with E-state index in [0.717, 1.165) is 59.3 Å². The van der Waals surface area contributed by atoms with Crippen molar-refractivity contribution in [1.82, 2.24) is 14.9 Å². The summed E-state index contributed by atoms with van der Waals surface area (Å²) in [4.78, 5) is 10.5. The summed E-state index contributed by atoms with van der Waals surface area (Å²) in [6.07, 6.45) is 2.21. The van der Waals surface area contributed by atoms with Crippen LogP contribution in [0, 0.1) is 0 Å². The van der Waals surface area contributed by atoms with E-state index in [-0.39, 0.29) is 0 Å². The van der Waals surface area contributed by atoms with Crippen LogP contribution in [-0.2, 0) is 0 Å². The molecule has 134 valence electrons. The highest BCUT2D eigenvalue weighted by Gasteiger charge is 2.25. The number of imidazole rings is 1. The lowest BCUT2D eigenvalue weighted by Crippen LogP contribution is -2.41. The lowest BCUT2D eigenvalue weighted by Gasteiger charge is -2.34. The van der Waals surface area contributed by atoms with Gasteiger partial charge in [-0.05, 0) is 49.3 Å².